The van der Waals surface area contributed by atoms with Crippen LogP contribution in [0.2, 0.25) is 5.02 Å². The van der Waals surface area contributed by atoms with Crippen molar-refractivity contribution in [1.29, 1.82) is 0 Å². The highest BCUT2D eigenvalue weighted by molar-refractivity contribution is 6.31. The minimum Gasteiger partial charge on any atom is -0.428 e. The van der Waals surface area contributed by atoms with Gasteiger partial charge in [-0.15, -0.1) is 0 Å². The van der Waals surface area contributed by atoms with E-state index in [0.29, 0.717) is 10.5 Å². The summed E-state index contributed by atoms with van der Waals surface area (Å²) in [7, 11) is 0. The van der Waals surface area contributed by atoms with Gasteiger partial charge in [0.05, 0.1) is 22.4 Å². The first kappa shape index (κ1) is 11.6. The molecule has 20 heavy (non-hydrogen) atoms. The number of pyridine rings is 1. The van der Waals surface area contributed by atoms with Gasteiger partial charge in [-0.1, -0.05) is 29.8 Å². The van der Waals surface area contributed by atoms with Crippen LogP contribution in [0.25, 0.3) is 33.1 Å². The van der Waals surface area contributed by atoms with Crippen LogP contribution in [0.15, 0.2) is 42.5 Å². The fraction of sp³-hybridized carbons (Fsp3) is 0.0625. The van der Waals surface area contributed by atoms with Crippen molar-refractivity contribution in [2.75, 3.05) is 0 Å². The Morgan fingerprint density at radius 2 is 1.90 bits per heavy atom. The average Bonchev–Trinajstić information content (AvgIpc) is 2.84. The van der Waals surface area contributed by atoms with Crippen molar-refractivity contribution in [3.8, 4) is 11.3 Å². The van der Waals surface area contributed by atoms with E-state index in [1.807, 2.05) is 43.3 Å². The fourth-order valence-corrected chi connectivity index (χ4v) is 2.98. The van der Waals surface area contributed by atoms with Gasteiger partial charge in [0.25, 0.3) is 0 Å². The molecule has 0 amide bonds. The lowest BCUT2D eigenvalue weighted by Gasteiger charge is -2.14. The van der Waals surface area contributed by atoms with Crippen LogP contribution in [0.3, 0.4) is 0 Å². The topological polar surface area (TPSA) is 38.0 Å². The number of nitrogens with zero attached hydrogens (tertiary/aromatic N) is 2. The fourth-order valence-electron chi connectivity index (χ4n) is 2.81. The molecule has 3 nitrogen and oxygen atoms in total. The maximum Gasteiger partial charge on any atom is 0.0904 e. The van der Waals surface area contributed by atoms with Gasteiger partial charge < -0.3 is 5.21 Å². The number of halogens is 1. The van der Waals surface area contributed by atoms with Gasteiger partial charge in [-0.2, -0.15) is 4.73 Å². The molecule has 0 fully saturated rings. The second-order valence-electron chi connectivity index (χ2n) is 4.91. The third kappa shape index (κ3) is 1.38. The average molecular weight is 283 g/mol. The lowest BCUT2D eigenvalue weighted by atomic mass is 10.0. The number of hydrogen-bond acceptors (Lipinski definition) is 2. The van der Waals surface area contributed by atoms with Crippen LogP contribution in [0.5, 0.6) is 0 Å². The zero-order valence-electron chi connectivity index (χ0n) is 10.8. The van der Waals surface area contributed by atoms with Gasteiger partial charge in [0.2, 0.25) is 0 Å². The molecule has 0 aliphatic carbocycles. The maximum absolute atomic E-state index is 10.4. The third-order valence-electron chi connectivity index (χ3n) is 3.77. The normalized spacial score (nSPS) is 11.7. The summed E-state index contributed by atoms with van der Waals surface area (Å²) in [6.45, 7) is 1.89. The van der Waals surface area contributed by atoms with Gasteiger partial charge in [0.1, 0.15) is 0 Å². The van der Waals surface area contributed by atoms with E-state index in [1.54, 1.807) is 6.07 Å². The molecule has 2 aromatic rings. The van der Waals surface area contributed by atoms with Gasteiger partial charge in [0.15, 0.2) is 0 Å². The predicted octanol–water partition coefficient (Wildman–Crippen LogP) is 4.49. The lowest BCUT2D eigenvalue weighted by Crippen LogP contribution is -2.03. The molecule has 1 N–H and O–H groups in total. The van der Waals surface area contributed by atoms with E-state index in [2.05, 4.69) is 0 Å². The largest absolute Gasteiger partial charge is 0.428 e. The number of para-hydroxylation sites is 1. The van der Waals surface area contributed by atoms with E-state index >= 15 is 0 Å². The van der Waals surface area contributed by atoms with Gasteiger partial charge in [-0.25, -0.2) is 4.98 Å². The number of benzene rings is 2. The van der Waals surface area contributed by atoms with Crippen LogP contribution < -0.4 is 0 Å². The predicted molar refractivity (Wildman–Crippen MR) is 80.8 cm³/mol. The summed E-state index contributed by atoms with van der Waals surface area (Å²) >= 11 is 6.03. The van der Waals surface area contributed by atoms with Crippen LogP contribution in [0.4, 0.5) is 0 Å². The second kappa shape index (κ2) is 3.87. The minimum atomic E-state index is 0.593. The van der Waals surface area contributed by atoms with E-state index in [0.717, 1.165) is 33.2 Å². The molecule has 0 unspecified atom stereocenters. The van der Waals surface area contributed by atoms with Crippen molar-refractivity contribution < 1.29 is 5.21 Å². The van der Waals surface area contributed by atoms with Crippen LogP contribution in [-0.4, -0.2) is 14.9 Å². The summed E-state index contributed by atoms with van der Waals surface area (Å²) in [5.41, 5.74) is 4.26. The molecule has 2 aliphatic heterocycles. The Kier molecular flexibility index (Phi) is 2.24. The molecule has 98 valence electrons. The standard InChI is InChI=1S/C16H11ClN2O/c1-9-15-11-4-2-3-5-13(11)18-16(15)12-7-6-10(17)8-14(12)19(9)20/h2-8,20H,1H3. The molecule has 2 aliphatic rings. The molecule has 0 radical (unpaired) electrons. The van der Waals surface area contributed by atoms with Crippen molar-refractivity contribution in [3.05, 3.63) is 53.2 Å². The van der Waals surface area contributed by atoms with E-state index < -0.39 is 0 Å². The summed E-state index contributed by atoms with van der Waals surface area (Å²) in [4.78, 5) is 4.71. The highest BCUT2D eigenvalue weighted by Crippen LogP contribution is 2.39. The molecule has 2 heterocycles. The van der Waals surface area contributed by atoms with Crippen molar-refractivity contribution in [2.24, 2.45) is 0 Å². The van der Waals surface area contributed by atoms with Crippen molar-refractivity contribution in [1.82, 2.24) is 9.71 Å². The van der Waals surface area contributed by atoms with Crippen molar-refractivity contribution >= 4 is 33.4 Å². The zero-order chi connectivity index (χ0) is 13.9. The van der Waals surface area contributed by atoms with Gasteiger partial charge in [-0.05, 0) is 31.2 Å². The molecule has 0 saturated heterocycles. The van der Waals surface area contributed by atoms with Crippen molar-refractivity contribution in [2.45, 2.75) is 6.92 Å². The Morgan fingerprint density at radius 1 is 1.10 bits per heavy atom. The number of aromatic nitrogens is 2. The molecular weight excluding hydrogens is 272 g/mol. The number of hydrogen-bond donors (Lipinski definition) is 1. The number of rotatable bonds is 0. The molecule has 0 saturated carbocycles. The van der Waals surface area contributed by atoms with Crippen molar-refractivity contribution in [3.63, 3.8) is 0 Å². The minimum absolute atomic E-state index is 0.593. The zero-order valence-corrected chi connectivity index (χ0v) is 11.5. The highest BCUT2D eigenvalue weighted by atomic mass is 35.5. The van der Waals surface area contributed by atoms with E-state index in [1.165, 1.54) is 4.73 Å². The molecular formula is C16H11ClN2O. The summed E-state index contributed by atoms with van der Waals surface area (Å²) in [6, 6.07) is 13.4. The molecule has 0 aromatic heterocycles. The summed E-state index contributed by atoms with van der Waals surface area (Å²) in [6.07, 6.45) is 0. The Hall–Kier alpha value is -2.26. The maximum atomic E-state index is 10.4. The molecule has 2 aromatic carbocycles. The Morgan fingerprint density at radius 3 is 2.75 bits per heavy atom. The van der Waals surface area contributed by atoms with Crippen LogP contribution >= 0.6 is 11.6 Å². The van der Waals surface area contributed by atoms with E-state index in [4.69, 9.17) is 16.6 Å². The third-order valence-corrected chi connectivity index (χ3v) is 4.00. The molecule has 4 heteroatoms. The number of fused-ring (bicyclic) bond motifs is 5. The second-order valence-corrected chi connectivity index (χ2v) is 5.35. The van der Waals surface area contributed by atoms with Crippen LogP contribution in [0.1, 0.15) is 5.69 Å². The van der Waals surface area contributed by atoms with E-state index in [-0.39, 0.29) is 0 Å². The monoisotopic (exact) mass is 282 g/mol. The Labute approximate surface area is 120 Å². The molecule has 0 bridgehead atoms. The lowest BCUT2D eigenvalue weighted by molar-refractivity contribution is 0.192. The summed E-state index contributed by atoms with van der Waals surface area (Å²) in [5, 5.41) is 12.9. The smallest absolute Gasteiger partial charge is 0.0904 e. The summed E-state index contributed by atoms with van der Waals surface area (Å²) in [5.74, 6) is 0. The van der Waals surface area contributed by atoms with Crippen LogP contribution in [-0.2, 0) is 0 Å². The van der Waals surface area contributed by atoms with Gasteiger partial charge >= 0.3 is 0 Å². The summed E-state index contributed by atoms with van der Waals surface area (Å²) < 4.78 is 1.19. The quantitative estimate of drug-likeness (QED) is 0.482. The SMILES string of the molecule is Cc1c2c3ccccc3nc-2c2ccc(Cl)cc2n1O. The first-order valence-electron chi connectivity index (χ1n) is 6.35. The molecule has 0 spiro atoms. The van der Waals surface area contributed by atoms with Crippen LogP contribution in [0, 0.1) is 6.92 Å². The van der Waals surface area contributed by atoms with Gasteiger partial charge in [0, 0.05) is 21.4 Å². The van der Waals surface area contributed by atoms with Gasteiger partial charge in [-0.3, -0.25) is 0 Å². The van der Waals surface area contributed by atoms with E-state index in [9.17, 15) is 5.21 Å². The highest BCUT2D eigenvalue weighted by Gasteiger charge is 2.20. The molecule has 4 rings (SSSR count). The first-order chi connectivity index (χ1) is 9.66. The Bertz CT molecular complexity index is 942. The Balaban J connectivity index is 2.33. The first-order valence-corrected chi connectivity index (χ1v) is 6.73. The molecule has 0 atom stereocenters.